The van der Waals surface area contributed by atoms with Crippen LogP contribution in [0.2, 0.25) is 0 Å². The number of esters is 1. The van der Waals surface area contributed by atoms with Crippen molar-refractivity contribution in [1.29, 1.82) is 0 Å². The van der Waals surface area contributed by atoms with Crippen LogP contribution < -0.4 is 5.32 Å². The van der Waals surface area contributed by atoms with E-state index in [1.54, 1.807) is 6.08 Å². The molecule has 0 heterocycles. The topological polar surface area (TPSA) is 95.9 Å². The van der Waals surface area contributed by atoms with E-state index in [0.29, 0.717) is 19.4 Å². The monoisotopic (exact) mass is 1050 g/mol. The van der Waals surface area contributed by atoms with Crippen LogP contribution in [-0.4, -0.2) is 47.4 Å². The first-order chi connectivity index (χ1) is 37.0. The first kappa shape index (κ1) is 72.8. The Morgan fingerprint density at radius 3 is 1.05 bits per heavy atom. The highest BCUT2D eigenvalue weighted by molar-refractivity contribution is 5.76. The maximum absolute atomic E-state index is 12.5. The number of aliphatic hydroxyl groups is 2. The molecule has 0 aliphatic heterocycles. The lowest BCUT2D eigenvalue weighted by Gasteiger charge is -2.20. The Hall–Kier alpha value is -2.18. The summed E-state index contributed by atoms with van der Waals surface area (Å²) in [7, 11) is 0. The van der Waals surface area contributed by atoms with Crippen LogP contribution in [0.25, 0.3) is 0 Å². The Labute approximate surface area is 467 Å². The third kappa shape index (κ3) is 60.9. The third-order valence-corrected chi connectivity index (χ3v) is 15.3. The lowest BCUT2D eigenvalue weighted by Crippen LogP contribution is -2.45. The largest absolute Gasteiger partial charge is 0.466 e. The van der Waals surface area contributed by atoms with Gasteiger partial charge in [0, 0.05) is 12.8 Å². The highest BCUT2D eigenvalue weighted by atomic mass is 16.5. The molecule has 440 valence electrons. The second kappa shape index (κ2) is 64.3. The summed E-state index contributed by atoms with van der Waals surface area (Å²) in [5.41, 5.74) is 0. The second-order valence-electron chi connectivity index (χ2n) is 22.8. The van der Waals surface area contributed by atoms with Crippen LogP contribution in [0.5, 0.6) is 0 Å². The Balaban J connectivity index is 3.45. The molecule has 6 heteroatoms. The number of nitrogens with one attached hydrogen (secondary N) is 1. The van der Waals surface area contributed by atoms with E-state index in [9.17, 15) is 19.8 Å². The quantitative estimate of drug-likeness (QED) is 0.0320. The molecule has 3 N–H and O–H groups in total. The molecular formula is C69H129NO5. The number of rotatable bonds is 62. The van der Waals surface area contributed by atoms with Crippen molar-refractivity contribution < 1.29 is 24.5 Å². The molecule has 1 amide bonds. The fourth-order valence-electron chi connectivity index (χ4n) is 10.2. The Morgan fingerprint density at radius 1 is 0.373 bits per heavy atom. The van der Waals surface area contributed by atoms with Crippen molar-refractivity contribution in [3.8, 4) is 0 Å². The molecule has 2 unspecified atom stereocenters. The van der Waals surface area contributed by atoms with Gasteiger partial charge in [0.05, 0.1) is 25.4 Å². The van der Waals surface area contributed by atoms with Crippen molar-refractivity contribution in [2.24, 2.45) is 0 Å². The molecule has 0 radical (unpaired) electrons. The Bertz CT molecular complexity index is 1260. The fraction of sp³-hybridized carbons (Fsp3) is 0.855. The van der Waals surface area contributed by atoms with Gasteiger partial charge in [-0.3, -0.25) is 9.59 Å². The first-order valence-corrected chi connectivity index (χ1v) is 33.4. The second-order valence-corrected chi connectivity index (χ2v) is 22.8. The highest BCUT2D eigenvalue weighted by Crippen LogP contribution is 2.17. The van der Waals surface area contributed by atoms with Crippen LogP contribution in [0, 0.1) is 0 Å². The van der Waals surface area contributed by atoms with Crippen LogP contribution in [0.15, 0.2) is 48.6 Å². The van der Waals surface area contributed by atoms with Crippen molar-refractivity contribution in [3.05, 3.63) is 48.6 Å². The van der Waals surface area contributed by atoms with Crippen LogP contribution in [-0.2, 0) is 14.3 Å². The molecule has 0 saturated heterocycles. The molecule has 0 aliphatic rings. The number of allylic oxidation sites excluding steroid dienone is 7. The summed E-state index contributed by atoms with van der Waals surface area (Å²) in [6.45, 7) is 4.89. The van der Waals surface area contributed by atoms with Gasteiger partial charge in [0.25, 0.3) is 0 Å². The number of ether oxygens (including phenoxy) is 1. The van der Waals surface area contributed by atoms with Gasteiger partial charge >= 0.3 is 5.97 Å². The van der Waals surface area contributed by atoms with Gasteiger partial charge in [0.1, 0.15) is 0 Å². The van der Waals surface area contributed by atoms with Gasteiger partial charge in [0.2, 0.25) is 5.91 Å². The molecule has 0 fully saturated rings. The predicted octanol–water partition coefficient (Wildman–Crippen LogP) is 21.3. The summed E-state index contributed by atoms with van der Waals surface area (Å²) in [6, 6.07) is -0.635. The van der Waals surface area contributed by atoms with E-state index in [2.05, 4.69) is 55.6 Å². The minimum atomic E-state index is -0.851. The third-order valence-electron chi connectivity index (χ3n) is 15.3. The molecule has 6 nitrogen and oxygen atoms in total. The average molecular weight is 1050 g/mol. The molecule has 0 spiro atoms. The zero-order chi connectivity index (χ0) is 54.3. The van der Waals surface area contributed by atoms with Crippen LogP contribution in [0.4, 0.5) is 0 Å². The lowest BCUT2D eigenvalue weighted by atomic mass is 10.0. The molecule has 75 heavy (non-hydrogen) atoms. The standard InChI is InChI=1S/C69H129NO5/c1-3-5-7-9-11-13-15-17-19-21-22-26-30-33-37-41-45-49-53-57-61-67(72)66(65-71)70-68(73)62-58-54-50-46-42-38-34-31-27-24-23-25-28-32-36-40-44-48-52-56-60-64-75-69(74)63-59-55-51-47-43-39-35-29-20-18-16-14-12-10-8-6-4-2/h12,14,18,20,24,27,57,61,66-67,71-72H,3-11,13,15-17,19,21-23,25-26,28-56,58-60,62-65H2,1-2H3,(H,70,73)/b14-12-,20-18-,27-24-,61-57+. The molecule has 2 atom stereocenters. The van der Waals surface area contributed by atoms with Gasteiger partial charge in [-0.25, -0.2) is 0 Å². The Kier molecular flexibility index (Phi) is 62.5. The number of hydrogen-bond acceptors (Lipinski definition) is 5. The van der Waals surface area contributed by atoms with Gasteiger partial charge in [-0.15, -0.1) is 0 Å². The minimum Gasteiger partial charge on any atom is -0.466 e. The number of aliphatic hydroxyl groups excluding tert-OH is 2. The molecular weight excluding hydrogens is 923 g/mol. The SMILES string of the molecule is CCCCC/C=C\C/C=C\CCCCCCCCCC(=O)OCCCCCCCCCCCC/C=C\CCCCCCCCCC(=O)NC(CO)C(O)/C=C/CCCCCCCCCCCCCCCCCCCC. The zero-order valence-electron chi connectivity index (χ0n) is 50.3. The molecule has 0 aromatic carbocycles. The molecule has 0 rings (SSSR count). The summed E-state index contributed by atoms with van der Waals surface area (Å²) >= 11 is 0. The summed E-state index contributed by atoms with van der Waals surface area (Å²) in [6.07, 6.45) is 83.0. The van der Waals surface area contributed by atoms with E-state index in [-0.39, 0.29) is 18.5 Å². The average Bonchev–Trinajstić information content (AvgIpc) is 3.41. The van der Waals surface area contributed by atoms with E-state index in [4.69, 9.17) is 4.74 Å². The number of carbonyl (C=O) groups is 2. The molecule has 0 saturated carbocycles. The lowest BCUT2D eigenvalue weighted by molar-refractivity contribution is -0.143. The normalized spacial score (nSPS) is 12.9. The van der Waals surface area contributed by atoms with Gasteiger partial charge < -0.3 is 20.3 Å². The Morgan fingerprint density at radius 2 is 0.667 bits per heavy atom. The van der Waals surface area contributed by atoms with E-state index < -0.39 is 12.1 Å². The van der Waals surface area contributed by atoms with Crippen molar-refractivity contribution in [2.75, 3.05) is 13.2 Å². The number of unbranched alkanes of at least 4 members (excludes halogenated alkanes) is 45. The van der Waals surface area contributed by atoms with Gasteiger partial charge in [-0.05, 0) is 89.9 Å². The van der Waals surface area contributed by atoms with E-state index in [1.165, 1.54) is 270 Å². The van der Waals surface area contributed by atoms with Gasteiger partial charge in [-0.1, -0.05) is 300 Å². The predicted molar refractivity (Wildman–Crippen MR) is 329 cm³/mol. The van der Waals surface area contributed by atoms with Crippen molar-refractivity contribution in [2.45, 2.75) is 366 Å². The molecule has 0 aromatic rings. The molecule has 0 aliphatic carbocycles. The van der Waals surface area contributed by atoms with E-state index in [1.807, 2.05) is 6.08 Å². The number of carbonyl (C=O) groups excluding carboxylic acids is 2. The van der Waals surface area contributed by atoms with Crippen LogP contribution in [0.1, 0.15) is 354 Å². The van der Waals surface area contributed by atoms with Crippen molar-refractivity contribution >= 4 is 11.9 Å². The van der Waals surface area contributed by atoms with Crippen LogP contribution in [0.3, 0.4) is 0 Å². The molecule has 0 aromatic heterocycles. The fourth-order valence-corrected chi connectivity index (χ4v) is 10.2. The maximum Gasteiger partial charge on any atom is 0.305 e. The maximum atomic E-state index is 12.5. The van der Waals surface area contributed by atoms with Crippen LogP contribution >= 0.6 is 0 Å². The highest BCUT2D eigenvalue weighted by Gasteiger charge is 2.18. The van der Waals surface area contributed by atoms with E-state index in [0.717, 1.165) is 57.8 Å². The van der Waals surface area contributed by atoms with Gasteiger partial charge in [0.15, 0.2) is 0 Å². The zero-order valence-corrected chi connectivity index (χ0v) is 50.3. The van der Waals surface area contributed by atoms with E-state index >= 15 is 0 Å². The number of hydrogen-bond donors (Lipinski definition) is 3. The summed E-state index contributed by atoms with van der Waals surface area (Å²) in [5.74, 6) is -0.0737. The number of amides is 1. The van der Waals surface area contributed by atoms with Crippen molar-refractivity contribution in [1.82, 2.24) is 5.32 Å². The van der Waals surface area contributed by atoms with Gasteiger partial charge in [-0.2, -0.15) is 0 Å². The summed E-state index contributed by atoms with van der Waals surface area (Å²) in [5, 5.41) is 23.2. The smallest absolute Gasteiger partial charge is 0.305 e. The summed E-state index contributed by atoms with van der Waals surface area (Å²) in [4.78, 5) is 24.6. The minimum absolute atomic E-state index is 0.0000793. The summed E-state index contributed by atoms with van der Waals surface area (Å²) < 4.78 is 5.49. The molecule has 0 bridgehead atoms. The van der Waals surface area contributed by atoms with Crippen molar-refractivity contribution in [3.63, 3.8) is 0 Å². The first-order valence-electron chi connectivity index (χ1n) is 33.4.